The number of aryl methyl sites for hydroxylation is 1. The molecule has 0 saturated heterocycles. The van der Waals surface area contributed by atoms with Gasteiger partial charge in [-0.2, -0.15) is 5.10 Å². The number of hydrogen-bond donors (Lipinski definition) is 1. The molecule has 31 heavy (non-hydrogen) atoms. The summed E-state index contributed by atoms with van der Waals surface area (Å²) in [5.74, 6) is 1.42. The summed E-state index contributed by atoms with van der Waals surface area (Å²) in [6.07, 6.45) is 18.1. The summed E-state index contributed by atoms with van der Waals surface area (Å²) in [5.41, 5.74) is 3.66. The Bertz CT molecular complexity index is 1120. The number of allylic oxidation sites excluding steroid dienone is 2. The maximum atomic E-state index is 5.67. The zero-order valence-corrected chi connectivity index (χ0v) is 17.6. The number of nitrogens with one attached hydrogen (secondary N) is 1. The van der Waals surface area contributed by atoms with Gasteiger partial charge in [0, 0.05) is 31.1 Å². The highest BCUT2D eigenvalue weighted by atomic mass is 16.5. The van der Waals surface area contributed by atoms with Crippen LogP contribution in [0.1, 0.15) is 22.6 Å². The van der Waals surface area contributed by atoms with Crippen LogP contribution in [0, 0.1) is 0 Å². The molecule has 0 saturated carbocycles. The molecule has 0 unspecified atom stereocenters. The number of H-pyrrole nitrogens is 1. The molecule has 0 aliphatic carbocycles. The molecule has 1 N–H and O–H groups in total. The molecule has 3 aromatic rings. The first-order valence-electron chi connectivity index (χ1n) is 9.67. The molecule has 1 aromatic carbocycles. The van der Waals surface area contributed by atoms with Crippen LogP contribution in [-0.2, 0) is 7.05 Å². The minimum absolute atomic E-state index is 0.363. The predicted octanol–water partition coefficient (Wildman–Crippen LogP) is 4.64. The third-order valence-electron chi connectivity index (χ3n) is 4.28. The summed E-state index contributed by atoms with van der Waals surface area (Å²) in [6, 6.07) is 7.64. The van der Waals surface area contributed by atoms with Crippen molar-refractivity contribution in [2.75, 3.05) is 13.7 Å². The number of ether oxygens (including phenoxy) is 2. The molecule has 158 valence electrons. The van der Waals surface area contributed by atoms with E-state index in [1.54, 1.807) is 44.2 Å². The van der Waals surface area contributed by atoms with Crippen LogP contribution in [0.25, 0.3) is 24.3 Å². The van der Waals surface area contributed by atoms with Gasteiger partial charge < -0.3 is 14.0 Å². The van der Waals surface area contributed by atoms with Gasteiger partial charge in [0.05, 0.1) is 36.7 Å². The van der Waals surface area contributed by atoms with Crippen molar-refractivity contribution in [1.29, 1.82) is 0 Å². The number of hydrogen-bond acceptors (Lipinski definition) is 5. The fraction of sp³-hybridized carbons (Fsp3) is 0.125. The van der Waals surface area contributed by atoms with Crippen LogP contribution in [0.15, 0.2) is 66.7 Å². The zero-order valence-electron chi connectivity index (χ0n) is 17.6. The Balaban J connectivity index is 1.62. The lowest BCUT2D eigenvalue weighted by molar-refractivity contribution is 0.371. The van der Waals surface area contributed by atoms with E-state index >= 15 is 0 Å². The molecule has 0 fully saturated rings. The van der Waals surface area contributed by atoms with Crippen LogP contribution in [-0.4, -0.2) is 39.7 Å². The van der Waals surface area contributed by atoms with Crippen LogP contribution in [0.3, 0.4) is 0 Å². The van der Waals surface area contributed by atoms with Gasteiger partial charge in [0.1, 0.15) is 18.1 Å². The lowest BCUT2D eigenvalue weighted by Gasteiger charge is -2.08. The quantitative estimate of drug-likeness (QED) is 0.386. The smallest absolute Gasteiger partial charge is 0.129 e. The number of methoxy groups -OCH3 is 1. The molecule has 0 atom stereocenters. The van der Waals surface area contributed by atoms with Crippen molar-refractivity contribution in [3.63, 3.8) is 0 Å². The number of aromatic nitrogens is 4. The number of benzene rings is 1. The molecule has 0 aliphatic rings. The molecule has 0 spiro atoms. The molecule has 0 aliphatic heterocycles. The van der Waals surface area contributed by atoms with Crippen LogP contribution in [0.4, 0.5) is 0 Å². The van der Waals surface area contributed by atoms with Crippen LogP contribution in [0.5, 0.6) is 11.5 Å². The van der Waals surface area contributed by atoms with Gasteiger partial charge >= 0.3 is 0 Å². The maximum absolute atomic E-state index is 5.67. The molecule has 7 nitrogen and oxygen atoms in total. The fourth-order valence-corrected chi connectivity index (χ4v) is 2.67. The van der Waals surface area contributed by atoms with Crippen LogP contribution in [0.2, 0.25) is 0 Å². The van der Waals surface area contributed by atoms with E-state index in [9.17, 15) is 0 Å². The Morgan fingerprint density at radius 1 is 1.19 bits per heavy atom. The van der Waals surface area contributed by atoms with E-state index < -0.39 is 0 Å². The van der Waals surface area contributed by atoms with E-state index in [0.29, 0.717) is 18.1 Å². The van der Waals surface area contributed by atoms with Gasteiger partial charge in [-0.1, -0.05) is 12.7 Å². The third-order valence-corrected chi connectivity index (χ3v) is 4.28. The second-order valence-electron chi connectivity index (χ2n) is 6.47. The van der Waals surface area contributed by atoms with E-state index in [4.69, 9.17) is 9.47 Å². The van der Waals surface area contributed by atoms with Gasteiger partial charge in [-0.3, -0.25) is 10.1 Å². The first-order valence-corrected chi connectivity index (χ1v) is 9.67. The van der Waals surface area contributed by atoms with Crippen molar-refractivity contribution < 1.29 is 9.47 Å². The van der Waals surface area contributed by atoms with Crippen LogP contribution < -0.4 is 9.47 Å². The first-order chi connectivity index (χ1) is 15.2. The third kappa shape index (κ3) is 6.43. The number of imidazole rings is 1. The van der Waals surface area contributed by atoms with Crippen LogP contribution >= 0.6 is 0 Å². The van der Waals surface area contributed by atoms with E-state index in [1.807, 2.05) is 60.2 Å². The predicted molar refractivity (Wildman–Crippen MR) is 126 cm³/mol. The Morgan fingerprint density at radius 2 is 2.10 bits per heavy atom. The summed E-state index contributed by atoms with van der Waals surface area (Å²) in [5, 5.41) is 7.33. The largest absolute Gasteiger partial charge is 0.496 e. The number of aliphatic imine (C=N–C) groups is 1. The van der Waals surface area contributed by atoms with Crippen molar-refractivity contribution in [3.05, 3.63) is 84.4 Å². The molecule has 0 amide bonds. The van der Waals surface area contributed by atoms with Crippen molar-refractivity contribution >= 4 is 30.5 Å². The Labute approximate surface area is 181 Å². The van der Waals surface area contributed by atoms with E-state index in [1.165, 1.54) is 0 Å². The van der Waals surface area contributed by atoms with Gasteiger partial charge in [0.25, 0.3) is 0 Å². The molecule has 7 heteroatoms. The van der Waals surface area contributed by atoms with E-state index in [2.05, 4.69) is 26.8 Å². The first kappa shape index (κ1) is 21.6. The summed E-state index contributed by atoms with van der Waals surface area (Å²) in [4.78, 5) is 8.17. The zero-order chi connectivity index (χ0) is 21.9. The van der Waals surface area contributed by atoms with Crippen molar-refractivity contribution in [1.82, 2.24) is 19.7 Å². The molecular weight excluding hydrogens is 390 g/mol. The fourth-order valence-electron chi connectivity index (χ4n) is 2.67. The minimum atomic E-state index is 0.363. The molecule has 2 aromatic heterocycles. The molecule has 0 bridgehead atoms. The molecule has 2 heterocycles. The second kappa shape index (κ2) is 11.2. The van der Waals surface area contributed by atoms with E-state index in [0.717, 1.165) is 22.6 Å². The highest BCUT2D eigenvalue weighted by molar-refractivity contribution is 5.73. The summed E-state index contributed by atoms with van der Waals surface area (Å²) in [7, 11) is 3.58. The Kier molecular flexibility index (Phi) is 7.77. The second-order valence-corrected chi connectivity index (χ2v) is 6.47. The van der Waals surface area contributed by atoms with Gasteiger partial charge in [-0.15, -0.1) is 0 Å². The van der Waals surface area contributed by atoms with E-state index in [-0.39, 0.29) is 0 Å². The van der Waals surface area contributed by atoms with Gasteiger partial charge in [-0.25, -0.2) is 4.98 Å². The molecule has 0 radical (unpaired) electrons. The number of rotatable bonds is 10. The lowest BCUT2D eigenvalue weighted by atomic mass is 10.1. The highest BCUT2D eigenvalue weighted by Gasteiger charge is 2.03. The lowest BCUT2D eigenvalue weighted by Crippen LogP contribution is -1.98. The van der Waals surface area contributed by atoms with Crippen molar-refractivity contribution in [2.24, 2.45) is 12.0 Å². The highest BCUT2D eigenvalue weighted by Crippen LogP contribution is 2.26. The summed E-state index contributed by atoms with van der Waals surface area (Å²) >= 11 is 0. The summed E-state index contributed by atoms with van der Waals surface area (Å²) < 4.78 is 13.1. The SMILES string of the molecule is C=C/C=C\N=C\COc1ccc(/C=C/c2cc(/C=C/c3cncn3C)[nH]n2)c(OC)c1. The van der Waals surface area contributed by atoms with Gasteiger partial charge in [0.15, 0.2) is 0 Å². The maximum Gasteiger partial charge on any atom is 0.129 e. The van der Waals surface area contributed by atoms with Gasteiger partial charge in [0.2, 0.25) is 0 Å². The normalized spacial score (nSPS) is 11.9. The number of nitrogens with zero attached hydrogens (tertiary/aromatic N) is 4. The Hall–Kier alpha value is -4.13. The number of aromatic amines is 1. The molecular formula is C24H25N5O2. The van der Waals surface area contributed by atoms with Crippen molar-refractivity contribution in [3.8, 4) is 11.5 Å². The van der Waals surface area contributed by atoms with Gasteiger partial charge in [-0.05, 0) is 48.6 Å². The average molecular weight is 415 g/mol. The topological polar surface area (TPSA) is 77.3 Å². The standard InChI is InChI=1S/C24H25N5O2/c1-4-5-12-25-13-14-31-23-11-7-19(24(16-23)30-3)6-8-20-15-21(28-27-20)9-10-22-17-26-18-29(22)2/h4-13,15-18H,1,14H2,2-3H3,(H,27,28)/b8-6+,10-9+,12-5-,25-13+. The molecule has 3 rings (SSSR count). The monoisotopic (exact) mass is 415 g/mol. The summed E-state index contributed by atoms with van der Waals surface area (Å²) in [6.45, 7) is 3.95. The average Bonchev–Trinajstić information content (AvgIpc) is 3.42. The minimum Gasteiger partial charge on any atom is -0.496 e. The Morgan fingerprint density at radius 3 is 2.87 bits per heavy atom. The van der Waals surface area contributed by atoms with Crippen molar-refractivity contribution in [2.45, 2.75) is 0 Å².